The van der Waals surface area contributed by atoms with Crippen LogP contribution in [0.3, 0.4) is 0 Å². The van der Waals surface area contributed by atoms with E-state index >= 15 is 0 Å². The molecule has 1 saturated heterocycles. The van der Waals surface area contributed by atoms with Crippen molar-refractivity contribution in [2.24, 2.45) is 0 Å². The van der Waals surface area contributed by atoms with Gasteiger partial charge in [0.1, 0.15) is 5.58 Å². The summed E-state index contributed by atoms with van der Waals surface area (Å²) in [6.07, 6.45) is 0.856. The number of hydrogen-bond donors (Lipinski definition) is 1. The quantitative estimate of drug-likeness (QED) is 0.655. The molecular weight excluding hydrogens is 366 g/mol. The lowest BCUT2D eigenvalue weighted by Gasteiger charge is -2.36. The van der Waals surface area contributed by atoms with E-state index < -0.39 is 0 Å². The van der Waals surface area contributed by atoms with Gasteiger partial charge in [0.05, 0.1) is 5.39 Å². The number of anilines is 1. The maximum absolute atomic E-state index is 12.3. The summed E-state index contributed by atoms with van der Waals surface area (Å²) in [5.41, 5.74) is 1.51. The largest absolute Gasteiger partial charge is 0.451 e. The van der Waals surface area contributed by atoms with Crippen LogP contribution in [-0.4, -0.2) is 50.1 Å². The average molecular weight is 391 g/mol. The van der Waals surface area contributed by atoms with E-state index in [2.05, 4.69) is 39.4 Å². The maximum atomic E-state index is 12.3. The van der Waals surface area contributed by atoms with Crippen LogP contribution in [0.1, 0.15) is 17.0 Å². The summed E-state index contributed by atoms with van der Waals surface area (Å²) in [6.45, 7) is 5.54. The van der Waals surface area contributed by atoms with E-state index in [0.717, 1.165) is 39.1 Å². The van der Waals surface area contributed by atoms with E-state index in [0.29, 0.717) is 17.5 Å². The van der Waals surface area contributed by atoms with Crippen LogP contribution in [0, 0.1) is 0 Å². The number of hydrogen-bond acceptors (Lipinski definition) is 5. The highest BCUT2D eigenvalue weighted by Crippen LogP contribution is 2.15. The molecule has 2 aromatic carbocycles. The van der Waals surface area contributed by atoms with Crippen molar-refractivity contribution in [2.45, 2.75) is 6.42 Å². The summed E-state index contributed by atoms with van der Waals surface area (Å²) in [5.74, 6) is -0.285. The molecule has 3 aromatic rings. The Morgan fingerprint density at radius 3 is 2.48 bits per heavy atom. The first-order valence-corrected chi connectivity index (χ1v) is 10.0. The monoisotopic (exact) mass is 391 g/mol. The van der Waals surface area contributed by atoms with Gasteiger partial charge in [-0.1, -0.05) is 30.3 Å². The van der Waals surface area contributed by atoms with Gasteiger partial charge < -0.3 is 14.6 Å². The van der Waals surface area contributed by atoms with Crippen molar-refractivity contribution in [2.75, 3.05) is 44.2 Å². The Bertz CT molecular complexity index is 1020. The van der Waals surface area contributed by atoms with Crippen molar-refractivity contribution in [1.82, 2.24) is 10.2 Å². The number of benzene rings is 2. The molecule has 1 aliphatic rings. The van der Waals surface area contributed by atoms with E-state index in [1.54, 1.807) is 24.3 Å². The molecule has 0 bridgehead atoms. The zero-order valence-electron chi connectivity index (χ0n) is 16.3. The lowest BCUT2D eigenvalue weighted by atomic mass is 10.2. The minimum absolute atomic E-state index is 0.0603. The third-order valence-electron chi connectivity index (χ3n) is 5.29. The fourth-order valence-electron chi connectivity index (χ4n) is 3.68. The normalized spacial score (nSPS) is 14.8. The second kappa shape index (κ2) is 8.92. The second-order valence-electron chi connectivity index (χ2n) is 7.24. The Hall–Kier alpha value is -3.12. The van der Waals surface area contributed by atoms with Gasteiger partial charge in [0.15, 0.2) is 11.2 Å². The van der Waals surface area contributed by atoms with Crippen molar-refractivity contribution in [1.29, 1.82) is 0 Å². The van der Waals surface area contributed by atoms with E-state index in [9.17, 15) is 9.59 Å². The molecule has 6 heteroatoms. The molecule has 0 unspecified atom stereocenters. The molecule has 29 heavy (non-hydrogen) atoms. The SMILES string of the molecule is O=C(NCCCN1CCN(c2ccccc2)CC1)c1cc(=O)c2ccccc2o1. The number of nitrogens with zero attached hydrogens (tertiary/aromatic N) is 2. The molecule has 2 heterocycles. The Labute approximate surface area is 169 Å². The van der Waals surface area contributed by atoms with Gasteiger partial charge in [0.25, 0.3) is 5.91 Å². The zero-order chi connectivity index (χ0) is 20.1. The summed E-state index contributed by atoms with van der Waals surface area (Å²) in [7, 11) is 0. The predicted octanol–water partition coefficient (Wildman–Crippen LogP) is 2.74. The highest BCUT2D eigenvalue weighted by Gasteiger charge is 2.17. The van der Waals surface area contributed by atoms with E-state index in [-0.39, 0.29) is 17.1 Å². The summed E-state index contributed by atoms with van der Waals surface area (Å²) in [4.78, 5) is 29.3. The molecule has 0 spiro atoms. The third kappa shape index (κ3) is 4.66. The number of carbonyl (C=O) groups is 1. The van der Waals surface area contributed by atoms with E-state index in [1.807, 2.05) is 6.07 Å². The fourth-order valence-corrected chi connectivity index (χ4v) is 3.68. The molecule has 0 aliphatic carbocycles. The number of carbonyl (C=O) groups excluding carboxylic acids is 1. The molecule has 0 atom stereocenters. The van der Waals surface area contributed by atoms with Crippen LogP contribution < -0.4 is 15.6 Å². The van der Waals surface area contributed by atoms with Crippen molar-refractivity contribution in [3.8, 4) is 0 Å². The molecular formula is C23H25N3O3. The molecule has 0 saturated carbocycles. The highest BCUT2D eigenvalue weighted by molar-refractivity contribution is 5.93. The van der Waals surface area contributed by atoms with Crippen LogP contribution in [0.25, 0.3) is 11.0 Å². The van der Waals surface area contributed by atoms with Gasteiger partial charge >= 0.3 is 0 Å². The smallest absolute Gasteiger partial charge is 0.287 e. The zero-order valence-corrected chi connectivity index (χ0v) is 16.3. The molecule has 4 rings (SSSR count). The first kappa shape index (κ1) is 19.2. The van der Waals surface area contributed by atoms with Crippen LogP contribution in [0.4, 0.5) is 5.69 Å². The van der Waals surface area contributed by atoms with Crippen LogP contribution >= 0.6 is 0 Å². The summed E-state index contributed by atoms with van der Waals surface area (Å²) in [6, 6.07) is 18.7. The first-order valence-electron chi connectivity index (χ1n) is 10.0. The maximum Gasteiger partial charge on any atom is 0.287 e. The summed E-state index contributed by atoms with van der Waals surface area (Å²) in [5, 5.41) is 3.34. The van der Waals surface area contributed by atoms with Gasteiger partial charge in [-0.25, -0.2) is 0 Å². The van der Waals surface area contributed by atoms with Gasteiger partial charge in [0.2, 0.25) is 0 Å². The van der Waals surface area contributed by atoms with Gasteiger partial charge in [0, 0.05) is 44.5 Å². The molecule has 150 valence electrons. The van der Waals surface area contributed by atoms with Crippen LogP contribution in [0.5, 0.6) is 0 Å². The fraction of sp³-hybridized carbons (Fsp3) is 0.304. The third-order valence-corrected chi connectivity index (χ3v) is 5.29. The molecule has 1 fully saturated rings. The van der Waals surface area contributed by atoms with Gasteiger partial charge in [-0.2, -0.15) is 0 Å². The Morgan fingerprint density at radius 2 is 1.69 bits per heavy atom. The number of fused-ring (bicyclic) bond motifs is 1. The Kier molecular flexibility index (Phi) is 5.91. The van der Waals surface area contributed by atoms with Gasteiger partial charge in [-0.3, -0.25) is 14.5 Å². The van der Waals surface area contributed by atoms with Crippen LogP contribution in [0.15, 0.2) is 69.9 Å². The number of amides is 1. The molecule has 0 radical (unpaired) electrons. The summed E-state index contributed by atoms with van der Waals surface area (Å²) >= 11 is 0. The number of para-hydroxylation sites is 2. The number of piperazine rings is 1. The molecule has 1 amide bonds. The molecule has 1 aliphatic heterocycles. The Morgan fingerprint density at radius 1 is 0.966 bits per heavy atom. The lowest BCUT2D eigenvalue weighted by molar-refractivity contribution is 0.0924. The Balaban J connectivity index is 1.22. The lowest BCUT2D eigenvalue weighted by Crippen LogP contribution is -2.47. The average Bonchev–Trinajstić information content (AvgIpc) is 2.77. The van der Waals surface area contributed by atoms with Crippen molar-refractivity contribution in [3.63, 3.8) is 0 Å². The van der Waals surface area contributed by atoms with E-state index in [1.165, 1.54) is 11.8 Å². The van der Waals surface area contributed by atoms with Crippen molar-refractivity contribution < 1.29 is 9.21 Å². The number of nitrogens with one attached hydrogen (secondary N) is 1. The molecule has 6 nitrogen and oxygen atoms in total. The standard InChI is InChI=1S/C23H25N3O3/c27-20-17-22(29-21-10-5-4-9-19(20)21)23(28)24-11-6-12-25-13-15-26(16-14-25)18-7-2-1-3-8-18/h1-5,7-10,17H,6,11-16H2,(H,24,28). The predicted molar refractivity (Wildman–Crippen MR) is 115 cm³/mol. The minimum atomic E-state index is -0.346. The first-order chi connectivity index (χ1) is 14.2. The minimum Gasteiger partial charge on any atom is -0.451 e. The topological polar surface area (TPSA) is 65.8 Å². The van der Waals surface area contributed by atoms with Crippen molar-refractivity contribution in [3.05, 3.63) is 76.6 Å². The highest BCUT2D eigenvalue weighted by atomic mass is 16.3. The van der Waals surface area contributed by atoms with Gasteiger partial charge in [-0.05, 0) is 37.2 Å². The van der Waals surface area contributed by atoms with E-state index in [4.69, 9.17) is 4.42 Å². The second-order valence-corrected chi connectivity index (χ2v) is 7.24. The van der Waals surface area contributed by atoms with Crippen molar-refractivity contribution >= 4 is 22.6 Å². The van der Waals surface area contributed by atoms with Gasteiger partial charge in [-0.15, -0.1) is 0 Å². The summed E-state index contributed by atoms with van der Waals surface area (Å²) < 4.78 is 5.58. The molecule has 1 aromatic heterocycles. The number of rotatable bonds is 6. The van der Waals surface area contributed by atoms with Crippen LogP contribution in [-0.2, 0) is 0 Å². The van der Waals surface area contributed by atoms with Crippen LogP contribution in [0.2, 0.25) is 0 Å². The molecule has 1 N–H and O–H groups in total.